The van der Waals surface area contributed by atoms with E-state index >= 15 is 0 Å². The predicted octanol–water partition coefficient (Wildman–Crippen LogP) is 6.94. The van der Waals surface area contributed by atoms with Gasteiger partial charge in [-0.3, -0.25) is 4.79 Å². The molecule has 0 amide bonds. The second-order valence-corrected chi connectivity index (χ2v) is 9.35. The number of benzene rings is 1. The molecule has 0 saturated carbocycles. The van der Waals surface area contributed by atoms with E-state index in [1.54, 1.807) is 24.4 Å². The summed E-state index contributed by atoms with van der Waals surface area (Å²) in [7, 11) is 1.89. The van der Waals surface area contributed by atoms with Crippen molar-refractivity contribution in [3.8, 4) is 11.1 Å². The summed E-state index contributed by atoms with van der Waals surface area (Å²) >= 11 is 25.3. The van der Waals surface area contributed by atoms with E-state index in [4.69, 9.17) is 46.4 Å². The van der Waals surface area contributed by atoms with Gasteiger partial charge < -0.3 is 4.57 Å². The van der Waals surface area contributed by atoms with Gasteiger partial charge in [0.15, 0.2) is 14.1 Å². The lowest BCUT2D eigenvalue weighted by Crippen LogP contribution is -2.31. The highest BCUT2D eigenvalue weighted by molar-refractivity contribution is 6.63. The van der Waals surface area contributed by atoms with Crippen LogP contribution in [0.3, 0.4) is 0 Å². The van der Waals surface area contributed by atoms with Crippen LogP contribution in [0.4, 0.5) is 0 Å². The number of aromatic nitrogens is 1. The lowest BCUT2D eigenvalue weighted by Gasteiger charge is -2.30. The molecular formula is C22H23Cl4NO. The van der Waals surface area contributed by atoms with Crippen molar-refractivity contribution in [2.24, 2.45) is 7.05 Å². The maximum atomic E-state index is 13.0. The van der Waals surface area contributed by atoms with Crippen LogP contribution in [0.2, 0.25) is 0 Å². The number of halogens is 4. The largest absolute Gasteiger partial charge is 0.356 e. The Bertz CT molecular complexity index is 928. The van der Waals surface area contributed by atoms with Gasteiger partial charge >= 0.3 is 0 Å². The van der Waals surface area contributed by atoms with Gasteiger partial charge in [-0.2, -0.15) is 0 Å². The fourth-order valence-electron chi connectivity index (χ4n) is 2.83. The number of hydrogen-bond acceptors (Lipinski definition) is 1. The standard InChI is InChI=1S/C22H23Cl4NO/c1-4-6-7-8-10-17-14-27(3)15-19(20(17)28)16-11-9-12-18(13-16)22(25,26)21(23,24)5-2/h5,7-9,11-15H,2,4,6,10H2,1,3H3. The Morgan fingerprint density at radius 3 is 2.50 bits per heavy atom. The van der Waals surface area contributed by atoms with Crippen molar-refractivity contribution >= 4 is 46.4 Å². The molecule has 1 aromatic heterocycles. The minimum absolute atomic E-state index is 0.0297. The van der Waals surface area contributed by atoms with E-state index in [9.17, 15) is 4.79 Å². The second kappa shape index (κ2) is 9.54. The molecule has 2 aromatic rings. The van der Waals surface area contributed by atoms with Gasteiger partial charge in [0.25, 0.3) is 0 Å². The first-order valence-corrected chi connectivity index (χ1v) is 10.5. The number of unbranched alkanes of at least 4 members (excludes halogenated alkanes) is 1. The molecule has 0 aliphatic rings. The smallest absolute Gasteiger partial charge is 0.192 e. The van der Waals surface area contributed by atoms with Crippen LogP contribution in [0.5, 0.6) is 0 Å². The summed E-state index contributed by atoms with van der Waals surface area (Å²) in [6.07, 6.45) is 11.7. The van der Waals surface area contributed by atoms with Crippen LogP contribution in [0.1, 0.15) is 30.9 Å². The third kappa shape index (κ3) is 5.04. The Balaban J connectivity index is 2.50. The number of hydrogen-bond donors (Lipinski definition) is 0. The Hall–Kier alpha value is -1.19. The molecule has 2 nitrogen and oxygen atoms in total. The van der Waals surface area contributed by atoms with E-state index in [1.165, 1.54) is 6.08 Å². The molecule has 0 spiro atoms. The molecule has 0 fully saturated rings. The predicted molar refractivity (Wildman–Crippen MR) is 123 cm³/mol. The highest BCUT2D eigenvalue weighted by atomic mass is 35.5. The van der Waals surface area contributed by atoms with Crippen molar-refractivity contribution in [1.29, 1.82) is 0 Å². The summed E-state index contributed by atoms with van der Waals surface area (Å²) in [5.74, 6) is 0. The Kier molecular flexibility index (Phi) is 7.87. The average Bonchev–Trinajstić information content (AvgIpc) is 2.67. The zero-order valence-corrected chi connectivity index (χ0v) is 18.9. The molecule has 0 atom stereocenters. The van der Waals surface area contributed by atoms with Crippen LogP contribution in [0, 0.1) is 0 Å². The normalized spacial score (nSPS) is 12.5. The van der Waals surface area contributed by atoms with Gasteiger partial charge in [-0.1, -0.05) is 103 Å². The van der Waals surface area contributed by atoms with Crippen LogP contribution in [-0.2, 0) is 17.8 Å². The fraction of sp³-hybridized carbons (Fsp3) is 0.318. The van der Waals surface area contributed by atoms with Crippen LogP contribution in [-0.4, -0.2) is 8.90 Å². The van der Waals surface area contributed by atoms with Gasteiger partial charge in [-0.15, -0.1) is 0 Å². The van der Waals surface area contributed by atoms with E-state index in [1.807, 2.05) is 30.0 Å². The van der Waals surface area contributed by atoms with E-state index in [2.05, 4.69) is 19.6 Å². The van der Waals surface area contributed by atoms with Crippen LogP contribution < -0.4 is 5.43 Å². The van der Waals surface area contributed by atoms with E-state index < -0.39 is 8.67 Å². The van der Waals surface area contributed by atoms with Gasteiger partial charge in [-0.05, 0) is 30.0 Å². The lowest BCUT2D eigenvalue weighted by atomic mass is 9.99. The van der Waals surface area contributed by atoms with E-state index in [0.29, 0.717) is 23.1 Å². The van der Waals surface area contributed by atoms with Gasteiger partial charge in [0.05, 0.1) is 0 Å². The molecule has 0 saturated heterocycles. The SMILES string of the molecule is C=CC(Cl)(Cl)C(Cl)(Cl)c1cccc(-c2cn(C)cc(CC=CCCC)c2=O)c1. The first kappa shape index (κ1) is 23.1. The monoisotopic (exact) mass is 457 g/mol. The van der Waals surface area contributed by atoms with Crippen molar-refractivity contribution in [2.45, 2.75) is 34.9 Å². The number of alkyl halides is 4. The number of rotatable bonds is 8. The third-order valence-electron chi connectivity index (χ3n) is 4.40. The molecule has 28 heavy (non-hydrogen) atoms. The first-order chi connectivity index (χ1) is 13.1. The molecular weight excluding hydrogens is 436 g/mol. The highest BCUT2D eigenvalue weighted by Crippen LogP contribution is 2.51. The van der Waals surface area contributed by atoms with Crippen LogP contribution in [0.25, 0.3) is 11.1 Å². The van der Waals surface area contributed by atoms with Gasteiger partial charge in [-0.25, -0.2) is 0 Å². The van der Waals surface area contributed by atoms with Gasteiger partial charge in [0.1, 0.15) is 0 Å². The zero-order chi connectivity index (χ0) is 20.9. The summed E-state index contributed by atoms with van der Waals surface area (Å²) in [6.45, 7) is 5.71. The maximum Gasteiger partial charge on any atom is 0.192 e. The van der Waals surface area contributed by atoms with Crippen LogP contribution >= 0.6 is 46.4 Å². The van der Waals surface area contributed by atoms with E-state index in [-0.39, 0.29) is 5.43 Å². The highest BCUT2D eigenvalue weighted by Gasteiger charge is 2.46. The molecule has 6 heteroatoms. The minimum Gasteiger partial charge on any atom is -0.356 e. The molecule has 0 N–H and O–H groups in total. The van der Waals surface area contributed by atoms with Crippen molar-refractivity contribution in [3.05, 3.63) is 82.8 Å². The molecule has 0 bridgehead atoms. The minimum atomic E-state index is -1.63. The molecule has 0 aliphatic carbocycles. The Morgan fingerprint density at radius 1 is 1.14 bits per heavy atom. The Morgan fingerprint density at radius 2 is 1.86 bits per heavy atom. The molecule has 0 unspecified atom stereocenters. The van der Waals surface area contributed by atoms with E-state index in [0.717, 1.165) is 18.4 Å². The zero-order valence-electron chi connectivity index (χ0n) is 15.9. The van der Waals surface area contributed by atoms with Gasteiger partial charge in [0, 0.05) is 30.6 Å². The number of aryl methyl sites for hydroxylation is 1. The topological polar surface area (TPSA) is 22.0 Å². The molecule has 0 aliphatic heterocycles. The molecule has 1 aromatic carbocycles. The van der Waals surface area contributed by atoms with Crippen molar-refractivity contribution in [2.75, 3.05) is 0 Å². The van der Waals surface area contributed by atoms with Crippen LogP contribution in [0.15, 0.2) is 66.3 Å². The fourth-order valence-corrected chi connectivity index (χ4v) is 3.43. The molecule has 0 radical (unpaired) electrons. The third-order valence-corrected chi connectivity index (χ3v) is 6.69. The molecule has 2 rings (SSSR count). The summed E-state index contributed by atoms with van der Waals surface area (Å²) in [6, 6.07) is 7.05. The van der Waals surface area contributed by atoms with Crippen molar-refractivity contribution < 1.29 is 0 Å². The average molecular weight is 459 g/mol. The summed E-state index contributed by atoms with van der Waals surface area (Å²) < 4.78 is -1.34. The maximum absolute atomic E-state index is 13.0. The Labute approximate surface area is 186 Å². The molecule has 150 valence electrons. The first-order valence-electron chi connectivity index (χ1n) is 8.98. The summed E-state index contributed by atoms with van der Waals surface area (Å²) in [5, 5.41) is 0. The number of allylic oxidation sites excluding steroid dienone is 3. The van der Waals surface area contributed by atoms with Gasteiger partial charge in [0.2, 0.25) is 0 Å². The quantitative estimate of drug-likeness (QED) is 0.310. The summed E-state index contributed by atoms with van der Waals surface area (Å²) in [4.78, 5) is 13.0. The van der Waals surface area contributed by atoms with Crippen molar-refractivity contribution in [1.82, 2.24) is 4.57 Å². The lowest BCUT2D eigenvalue weighted by molar-refractivity contribution is 0.813. The summed E-state index contributed by atoms with van der Waals surface area (Å²) in [5.41, 5.74) is 2.42. The second-order valence-electron chi connectivity index (χ2n) is 6.64. The van der Waals surface area contributed by atoms with Crippen molar-refractivity contribution in [3.63, 3.8) is 0 Å². The molecule has 1 heterocycles. The number of pyridine rings is 1. The number of nitrogens with zero attached hydrogens (tertiary/aromatic N) is 1.